The summed E-state index contributed by atoms with van der Waals surface area (Å²) in [5.41, 5.74) is 1.38. The van der Waals surface area contributed by atoms with Gasteiger partial charge in [-0.2, -0.15) is 10.1 Å². The van der Waals surface area contributed by atoms with Gasteiger partial charge in [0.2, 0.25) is 5.89 Å². The number of aromatic nitrogens is 4. The first-order chi connectivity index (χ1) is 13.2. The number of carbonyl (C=O) groups excluding carboxylic acids is 1. The molecule has 0 unspecified atom stereocenters. The van der Waals surface area contributed by atoms with E-state index in [4.69, 9.17) is 4.52 Å². The van der Waals surface area contributed by atoms with Gasteiger partial charge in [0.1, 0.15) is 0 Å². The van der Waals surface area contributed by atoms with E-state index in [0.29, 0.717) is 31.2 Å². The van der Waals surface area contributed by atoms with Crippen LogP contribution in [0.1, 0.15) is 42.0 Å². The minimum atomic E-state index is -0.0199. The highest BCUT2D eigenvalue weighted by molar-refractivity contribution is 6.04. The third kappa shape index (κ3) is 3.85. The molecule has 1 N–H and O–H groups in total. The van der Waals surface area contributed by atoms with E-state index in [1.54, 1.807) is 0 Å². The van der Waals surface area contributed by atoms with Crippen LogP contribution < -0.4 is 0 Å². The van der Waals surface area contributed by atoms with Gasteiger partial charge < -0.3 is 9.42 Å². The number of nitrogens with one attached hydrogen (secondary N) is 1. The van der Waals surface area contributed by atoms with E-state index in [1.807, 2.05) is 29.2 Å². The third-order valence-corrected chi connectivity index (χ3v) is 4.95. The molecule has 1 aliphatic heterocycles. The molecule has 0 aliphatic carbocycles. The quantitative estimate of drug-likeness (QED) is 0.717. The predicted octanol–water partition coefficient (Wildman–Crippen LogP) is 2.25. The fourth-order valence-electron chi connectivity index (χ4n) is 3.37. The number of rotatable bonds is 6. The lowest BCUT2D eigenvalue weighted by molar-refractivity contribution is 0.0620. The number of piperazine rings is 1. The van der Waals surface area contributed by atoms with Crippen molar-refractivity contribution < 1.29 is 9.32 Å². The van der Waals surface area contributed by atoms with Crippen molar-refractivity contribution in [2.75, 3.05) is 26.2 Å². The van der Waals surface area contributed by atoms with Gasteiger partial charge in [-0.05, 0) is 12.5 Å². The molecule has 0 spiro atoms. The van der Waals surface area contributed by atoms with E-state index in [0.717, 1.165) is 49.1 Å². The molecule has 3 aromatic rings. The highest BCUT2D eigenvalue weighted by atomic mass is 16.5. The van der Waals surface area contributed by atoms with Gasteiger partial charge >= 0.3 is 0 Å². The fourth-order valence-corrected chi connectivity index (χ4v) is 3.37. The maximum atomic E-state index is 12.8. The van der Waals surface area contributed by atoms with Crippen molar-refractivity contribution in [3.05, 3.63) is 41.7 Å². The Morgan fingerprint density at radius 3 is 2.85 bits per heavy atom. The fraction of sp³-hybridized carbons (Fsp3) is 0.474. The number of hydrogen-bond donors (Lipinski definition) is 1. The van der Waals surface area contributed by atoms with Gasteiger partial charge in [-0.3, -0.25) is 14.8 Å². The molecule has 1 amide bonds. The van der Waals surface area contributed by atoms with Crippen LogP contribution in [0.5, 0.6) is 0 Å². The van der Waals surface area contributed by atoms with Gasteiger partial charge in [0, 0.05) is 38.0 Å². The molecule has 8 nitrogen and oxygen atoms in total. The molecule has 3 heterocycles. The second kappa shape index (κ2) is 7.87. The minimum absolute atomic E-state index is 0.0199. The number of fused-ring (bicyclic) bond motifs is 1. The van der Waals surface area contributed by atoms with Crippen LogP contribution in [-0.4, -0.2) is 62.2 Å². The number of aryl methyl sites for hydroxylation is 1. The average Bonchev–Trinajstić information content (AvgIpc) is 3.33. The summed E-state index contributed by atoms with van der Waals surface area (Å²) in [6, 6.07) is 7.71. The zero-order chi connectivity index (χ0) is 18.6. The van der Waals surface area contributed by atoms with E-state index in [1.165, 1.54) is 0 Å². The van der Waals surface area contributed by atoms with Crippen LogP contribution in [0.3, 0.4) is 0 Å². The van der Waals surface area contributed by atoms with Crippen molar-refractivity contribution in [2.45, 2.75) is 32.7 Å². The van der Waals surface area contributed by atoms with Gasteiger partial charge in [0.25, 0.3) is 5.91 Å². The Hall–Kier alpha value is -2.74. The second-order valence-corrected chi connectivity index (χ2v) is 6.89. The molecule has 142 valence electrons. The zero-order valence-corrected chi connectivity index (χ0v) is 15.5. The first-order valence-electron chi connectivity index (χ1n) is 9.51. The summed E-state index contributed by atoms with van der Waals surface area (Å²) in [7, 11) is 0. The number of carbonyl (C=O) groups is 1. The normalized spacial score (nSPS) is 15.5. The number of aromatic amines is 1. The Morgan fingerprint density at radius 1 is 1.22 bits per heavy atom. The number of para-hydroxylation sites is 1. The number of nitrogens with zero attached hydrogens (tertiary/aromatic N) is 5. The first kappa shape index (κ1) is 17.7. The van der Waals surface area contributed by atoms with Crippen molar-refractivity contribution in [2.24, 2.45) is 0 Å². The molecule has 0 bridgehead atoms. The molecule has 0 atom stereocenters. The predicted molar refractivity (Wildman–Crippen MR) is 100 cm³/mol. The third-order valence-electron chi connectivity index (χ3n) is 4.95. The van der Waals surface area contributed by atoms with Gasteiger partial charge in [-0.1, -0.05) is 36.7 Å². The summed E-state index contributed by atoms with van der Waals surface area (Å²) in [6.45, 7) is 5.70. The lowest BCUT2D eigenvalue weighted by atomic mass is 10.2. The number of benzene rings is 1. The molecule has 1 fully saturated rings. The first-order valence-corrected chi connectivity index (χ1v) is 9.51. The molecule has 2 aromatic heterocycles. The smallest absolute Gasteiger partial charge is 0.275 e. The molecular weight excluding hydrogens is 344 g/mol. The number of H-pyrrole nitrogens is 1. The number of amides is 1. The van der Waals surface area contributed by atoms with Crippen LogP contribution in [0.15, 0.2) is 28.8 Å². The Kier molecular flexibility index (Phi) is 5.15. The van der Waals surface area contributed by atoms with E-state index < -0.39 is 0 Å². The SMILES string of the molecule is CCCCc1nc(CN2CCN(C(=O)c3n[nH]c4ccccc34)CC2)no1. The molecule has 1 saturated heterocycles. The summed E-state index contributed by atoms with van der Waals surface area (Å²) >= 11 is 0. The maximum absolute atomic E-state index is 12.8. The largest absolute Gasteiger partial charge is 0.339 e. The monoisotopic (exact) mass is 368 g/mol. The maximum Gasteiger partial charge on any atom is 0.275 e. The van der Waals surface area contributed by atoms with Crippen molar-refractivity contribution in [3.8, 4) is 0 Å². The summed E-state index contributed by atoms with van der Waals surface area (Å²) in [6.07, 6.45) is 3.01. The van der Waals surface area contributed by atoms with E-state index in [2.05, 4.69) is 32.2 Å². The Bertz CT molecular complexity index is 910. The van der Waals surface area contributed by atoms with E-state index in [-0.39, 0.29) is 5.91 Å². The van der Waals surface area contributed by atoms with Gasteiger partial charge in [0.05, 0.1) is 12.1 Å². The zero-order valence-electron chi connectivity index (χ0n) is 15.5. The van der Waals surface area contributed by atoms with Gasteiger partial charge in [-0.25, -0.2) is 0 Å². The van der Waals surface area contributed by atoms with Crippen LogP contribution in [0.4, 0.5) is 0 Å². The molecular formula is C19H24N6O2. The lowest BCUT2D eigenvalue weighted by Gasteiger charge is -2.33. The molecule has 8 heteroatoms. The van der Waals surface area contributed by atoms with Gasteiger partial charge in [-0.15, -0.1) is 0 Å². The lowest BCUT2D eigenvalue weighted by Crippen LogP contribution is -2.48. The molecule has 0 saturated carbocycles. The molecule has 1 aromatic carbocycles. The summed E-state index contributed by atoms with van der Waals surface area (Å²) in [5, 5.41) is 12.1. The Labute approximate surface area is 157 Å². The second-order valence-electron chi connectivity index (χ2n) is 6.89. The van der Waals surface area contributed by atoms with Crippen molar-refractivity contribution in [3.63, 3.8) is 0 Å². The summed E-state index contributed by atoms with van der Waals surface area (Å²) < 4.78 is 5.29. The van der Waals surface area contributed by atoms with Crippen LogP contribution in [0, 0.1) is 0 Å². The molecule has 1 aliphatic rings. The molecule has 0 radical (unpaired) electrons. The highest BCUT2D eigenvalue weighted by Gasteiger charge is 2.25. The summed E-state index contributed by atoms with van der Waals surface area (Å²) in [5.74, 6) is 1.42. The van der Waals surface area contributed by atoms with Crippen molar-refractivity contribution in [1.82, 2.24) is 30.1 Å². The average molecular weight is 368 g/mol. The Morgan fingerprint density at radius 2 is 2.04 bits per heavy atom. The Balaban J connectivity index is 1.33. The number of unbranched alkanes of at least 4 members (excludes halogenated alkanes) is 1. The van der Waals surface area contributed by atoms with Crippen LogP contribution >= 0.6 is 0 Å². The van der Waals surface area contributed by atoms with Crippen molar-refractivity contribution >= 4 is 16.8 Å². The summed E-state index contributed by atoms with van der Waals surface area (Å²) in [4.78, 5) is 21.4. The van der Waals surface area contributed by atoms with Crippen LogP contribution in [0.25, 0.3) is 10.9 Å². The van der Waals surface area contributed by atoms with Crippen LogP contribution in [-0.2, 0) is 13.0 Å². The highest BCUT2D eigenvalue weighted by Crippen LogP contribution is 2.18. The van der Waals surface area contributed by atoms with E-state index >= 15 is 0 Å². The standard InChI is InChI=1S/C19H24N6O2/c1-2-3-8-17-20-16(23-27-17)13-24-9-11-25(12-10-24)19(26)18-14-6-4-5-7-15(14)21-22-18/h4-7H,2-3,8-13H2,1H3,(H,21,22). The number of hydrogen-bond acceptors (Lipinski definition) is 6. The van der Waals surface area contributed by atoms with Gasteiger partial charge in [0.15, 0.2) is 11.5 Å². The topological polar surface area (TPSA) is 91.2 Å². The van der Waals surface area contributed by atoms with E-state index in [9.17, 15) is 4.79 Å². The molecule has 4 rings (SSSR count). The minimum Gasteiger partial charge on any atom is -0.339 e. The van der Waals surface area contributed by atoms with Crippen molar-refractivity contribution in [1.29, 1.82) is 0 Å². The molecule has 27 heavy (non-hydrogen) atoms. The van der Waals surface area contributed by atoms with Crippen LogP contribution in [0.2, 0.25) is 0 Å².